The van der Waals surface area contributed by atoms with Gasteiger partial charge in [0.15, 0.2) is 0 Å². The molecule has 6 heteroatoms. The normalized spacial score (nSPS) is 12.4. The number of carbonyl (C=O) groups is 3. The van der Waals surface area contributed by atoms with Crippen LogP contribution in [0.3, 0.4) is 0 Å². The van der Waals surface area contributed by atoms with Gasteiger partial charge in [-0.25, -0.2) is 4.79 Å². The molecule has 1 aromatic carbocycles. The Kier molecular flexibility index (Phi) is 7.15. The van der Waals surface area contributed by atoms with E-state index in [9.17, 15) is 19.5 Å². The fourth-order valence-corrected chi connectivity index (χ4v) is 2.23. The minimum atomic E-state index is -1.07. The monoisotopic (exact) mass is 348 g/mol. The highest BCUT2D eigenvalue weighted by molar-refractivity contribution is 5.97. The Morgan fingerprint density at radius 3 is 2.28 bits per heavy atom. The van der Waals surface area contributed by atoms with Gasteiger partial charge in [-0.1, -0.05) is 26.8 Å². The van der Waals surface area contributed by atoms with Gasteiger partial charge in [0.05, 0.1) is 6.54 Å². The highest BCUT2D eigenvalue weighted by Crippen LogP contribution is 2.21. The molecular formula is C19H28N2O4. The first kappa shape index (κ1) is 20.7. The summed E-state index contributed by atoms with van der Waals surface area (Å²) in [5.74, 6) is -1.95. The molecule has 6 nitrogen and oxygen atoms in total. The Morgan fingerprint density at radius 2 is 1.76 bits per heavy atom. The zero-order valence-corrected chi connectivity index (χ0v) is 15.6. The summed E-state index contributed by atoms with van der Waals surface area (Å²) < 4.78 is 0. The Balaban J connectivity index is 2.55. The SMILES string of the molecule is Cc1ccc(C(=O)NCC(=O)NC(CCC(C)(C)C)C(=O)O)cc1C. The number of nitrogens with one attached hydrogen (secondary N) is 2. The average Bonchev–Trinajstić information content (AvgIpc) is 2.50. The molecule has 1 aromatic rings. The Hall–Kier alpha value is -2.37. The zero-order chi connectivity index (χ0) is 19.2. The summed E-state index contributed by atoms with van der Waals surface area (Å²) in [6.07, 6.45) is 1.01. The summed E-state index contributed by atoms with van der Waals surface area (Å²) in [6.45, 7) is 9.64. The largest absolute Gasteiger partial charge is 0.480 e. The fourth-order valence-electron chi connectivity index (χ4n) is 2.23. The van der Waals surface area contributed by atoms with Gasteiger partial charge in [0.2, 0.25) is 5.91 Å². The maximum Gasteiger partial charge on any atom is 0.326 e. The molecule has 0 bridgehead atoms. The molecule has 0 heterocycles. The third-order valence-corrected chi connectivity index (χ3v) is 3.99. The number of carboxylic acids is 1. The molecule has 0 fully saturated rings. The van der Waals surface area contributed by atoms with Crippen molar-refractivity contribution in [3.63, 3.8) is 0 Å². The lowest BCUT2D eigenvalue weighted by Gasteiger charge is -2.21. The summed E-state index contributed by atoms with van der Waals surface area (Å²) in [7, 11) is 0. The summed E-state index contributed by atoms with van der Waals surface area (Å²) in [6, 6.07) is 4.34. The standard InChI is InChI=1S/C19H28N2O4/c1-12-6-7-14(10-13(12)2)17(23)20-11-16(22)21-15(18(24)25)8-9-19(3,4)5/h6-7,10,15H,8-9,11H2,1-5H3,(H,20,23)(H,21,22)(H,24,25). The maximum atomic E-state index is 12.1. The number of benzene rings is 1. The van der Waals surface area contributed by atoms with E-state index in [-0.39, 0.29) is 17.9 Å². The van der Waals surface area contributed by atoms with E-state index in [1.54, 1.807) is 12.1 Å². The van der Waals surface area contributed by atoms with Crippen molar-refractivity contribution in [1.82, 2.24) is 10.6 Å². The Morgan fingerprint density at radius 1 is 1.12 bits per heavy atom. The number of amides is 2. The number of aliphatic carboxylic acids is 1. The fraction of sp³-hybridized carbons (Fsp3) is 0.526. The number of carbonyl (C=O) groups excluding carboxylic acids is 2. The summed E-state index contributed by atoms with van der Waals surface area (Å²) in [5, 5.41) is 14.2. The number of carboxylic acid groups (broad SMARTS) is 1. The highest BCUT2D eigenvalue weighted by atomic mass is 16.4. The van der Waals surface area contributed by atoms with Gasteiger partial charge in [-0.15, -0.1) is 0 Å². The van der Waals surface area contributed by atoms with E-state index in [0.717, 1.165) is 11.1 Å². The minimum absolute atomic E-state index is 0.0179. The highest BCUT2D eigenvalue weighted by Gasteiger charge is 2.22. The number of aryl methyl sites for hydroxylation is 2. The van der Waals surface area contributed by atoms with Gasteiger partial charge in [0.25, 0.3) is 5.91 Å². The van der Waals surface area contributed by atoms with Crippen LogP contribution in [0, 0.1) is 19.3 Å². The van der Waals surface area contributed by atoms with Crippen LogP contribution in [-0.2, 0) is 9.59 Å². The van der Waals surface area contributed by atoms with E-state index < -0.39 is 17.9 Å². The van der Waals surface area contributed by atoms with E-state index in [1.165, 1.54) is 0 Å². The summed E-state index contributed by atoms with van der Waals surface area (Å²) in [5.41, 5.74) is 2.52. The van der Waals surface area contributed by atoms with Crippen molar-refractivity contribution >= 4 is 17.8 Å². The molecule has 0 radical (unpaired) electrons. The molecule has 3 N–H and O–H groups in total. The lowest BCUT2D eigenvalue weighted by atomic mass is 9.88. The van der Waals surface area contributed by atoms with Crippen molar-refractivity contribution in [3.05, 3.63) is 34.9 Å². The third-order valence-electron chi connectivity index (χ3n) is 3.99. The first-order valence-electron chi connectivity index (χ1n) is 8.37. The van der Waals surface area contributed by atoms with Crippen molar-refractivity contribution in [2.24, 2.45) is 5.41 Å². The topological polar surface area (TPSA) is 95.5 Å². The average molecular weight is 348 g/mol. The molecule has 0 spiro atoms. The molecule has 0 saturated carbocycles. The first-order valence-corrected chi connectivity index (χ1v) is 8.37. The van der Waals surface area contributed by atoms with Crippen LogP contribution in [0.15, 0.2) is 18.2 Å². The van der Waals surface area contributed by atoms with Crippen LogP contribution < -0.4 is 10.6 Å². The van der Waals surface area contributed by atoms with Crippen LogP contribution in [0.4, 0.5) is 0 Å². The van der Waals surface area contributed by atoms with Gasteiger partial charge >= 0.3 is 5.97 Å². The van der Waals surface area contributed by atoms with Crippen molar-refractivity contribution in [2.75, 3.05) is 6.54 Å². The quantitative estimate of drug-likeness (QED) is 0.705. The summed E-state index contributed by atoms with van der Waals surface area (Å²) >= 11 is 0. The molecule has 0 aliphatic heterocycles. The van der Waals surface area contributed by atoms with Crippen LogP contribution in [0.5, 0.6) is 0 Å². The van der Waals surface area contributed by atoms with Crippen LogP contribution in [0.1, 0.15) is 55.1 Å². The van der Waals surface area contributed by atoms with Gasteiger partial charge in [-0.2, -0.15) is 0 Å². The van der Waals surface area contributed by atoms with Crippen molar-refractivity contribution in [2.45, 2.75) is 53.5 Å². The van der Waals surface area contributed by atoms with Gasteiger partial charge in [0.1, 0.15) is 6.04 Å². The van der Waals surface area contributed by atoms with Crippen molar-refractivity contribution in [3.8, 4) is 0 Å². The second-order valence-corrected chi connectivity index (χ2v) is 7.54. The molecule has 1 atom stereocenters. The predicted molar refractivity (Wildman–Crippen MR) is 96.5 cm³/mol. The van der Waals surface area contributed by atoms with Gasteiger partial charge in [-0.3, -0.25) is 9.59 Å². The molecular weight excluding hydrogens is 320 g/mol. The lowest BCUT2D eigenvalue weighted by molar-refractivity contribution is -0.142. The van der Waals surface area contributed by atoms with E-state index in [0.29, 0.717) is 18.4 Å². The third kappa shape index (κ3) is 7.37. The zero-order valence-electron chi connectivity index (χ0n) is 15.6. The van der Waals surface area contributed by atoms with Gasteiger partial charge < -0.3 is 15.7 Å². The van der Waals surface area contributed by atoms with Crippen molar-refractivity contribution < 1.29 is 19.5 Å². The van der Waals surface area contributed by atoms with E-state index in [2.05, 4.69) is 10.6 Å². The molecule has 0 aromatic heterocycles. The van der Waals surface area contributed by atoms with Crippen LogP contribution in [0.2, 0.25) is 0 Å². The number of hydrogen-bond donors (Lipinski definition) is 3. The molecule has 0 aliphatic rings. The molecule has 25 heavy (non-hydrogen) atoms. The number of rotatable bonds is 7. The van der Waals surface area contributed by atoms with Crippen LogP contribution in [-0.4, -0.2) is 35.5 Å². The van der Waals surface area contributed by atoms with Crippen LogP contribution in [0.25, 0.3) is 0 Å². The molecule has 138 valence electrons. The van der Waals surface area contributed by atoms with Gasteiger partial charge in [-0.05, 0) is 55.4 Å². The molecule has 0 saturated heterocycles. The molecule has 1 rings (SSSR count). The second-order valence-electron chi connectivity index (χ2n) is 7.54. The Labute approximate surface area is 149 Å². The minimum Gasteiger partial charge on any atom is -0.480 e. The van der Waals surface area contributed by atoms with E-state index in [1.807, 2.05) is 40.7 Å². The maximum absolute atomic E-state index is 12.1. The molecule has 0 aliphatic carbocycles. The smallest absolute Gasteiger partial charge is 0.326 e. The summed E-state index contributed by atoms with van der Waals surface area (Å²) in [4.78, 5) is 35.3. The molecule has 2 amide bonds. The van der Waals surface area contributed by atoms with E-state index >= 15 is 0 Å². The Bertz CT molecular complexity index is 647. The van der Waals surface area contributed by atoms with Gasteiger partial charge in [0, 0.05) is 5.56 Å². The number of hydrogen-bond acceptors (Lipinski definition) is 3. The predicted octanol–water partition coefficient (Wildman–Crippen LogP) is 2.43. The van der Waals surface area contributed by atoms with Crippen LogP contribution >= 0.6 is 0 Å². The lowest BCUT2D eigenvalue weighted by Crippen LogP contribution is -2.45. The van der Waals surface area contributed by atoms with Crippen molar-refractivity contribution in [1.29, 1.82) is 0 Å². The van der Waals surface area contributed by atoms with E-state index in [4.69, 9.17) is 0 Å². The molecule has 1 unspecified atom stereocenters. The second kappa shape index (κ2) is 8.65. The first-order chi connectivity index (χ1) is 11.5.